The molecule has 30 heavy (non-hydrogen) atoms. The zero-order valence-electron chi connectivity index (χ0n) is 17.5. The van der Waals surface area contributed by atoms with Gasteiger partial charge in [-0.3, -0.25) is 9.39 Å². The lowest BCUT2D eigenvalue weighted by atomic mass is 9.74. The molecule has 1 fully saturated rings. The number of ether oxygens (including phenoxy) is 2. The Hall–Kier alpha value is -3.13. The molecule has 0 atom stereocenters. The number of guanidine groups is 1. The molecule has 1 aliphatic heterocycles. The van der Waals surface area contributed by atoms with Gasteiger partial charge >= 0.3 is 0 Å². The van der Waals surface area contributed by atoms with Gasteiger partial charge in [-0.2, -0.15) is 0 Å². The van der Waals surface area contributed by atoms with E-state index in [0.29, 0.717) is 6.54 Å². The molecule has 4 rings (SSSR count). The number of hydrogen-bond donors (Lipinski definition) is 2. The van der Waals surface area contributed by atoms with Crippen LogP contribution in [0.5, 0.6) is 5.75 Å². The van der Waals surface area contributed by atoms with Crippen molar-refractivity contribution in [2.24, 2.45) is 4.99 Å². The molecule has 1 aliphatic rings. The van der Waals surface area contributed by atoms with Crippen LogP contribution in [0.2, 0.25) is 0 Å². The van der Waals surface area contributed by atoms with Gasteiger partial charge in [0.2, 0.25) is 0 Å². The minimum atomic E-state index is -0.0102. The second-order valence-electron chi connectivity index (χ2n) is 7.45. The Morgan fingerprint density at radius 3 is 2.67 bits per heavy atom. The molecule has 0 saturated carbocycles. The minimum absolute atomic E-state index is 0.0102. The second kappa shape index (κ2) is 9.13. The Morgan fingerprint density at radius 1 is 1.13 bits per heavy atom. The van der Waals surface area contributed by atoms with E-state index in [9.17, 15) is 0 Å². The first-order valence-corrected chi connectivity index (χ1v) is 10.2. The molecule has 0 amide bonds. The average Bonchev–Trinajstić information content (AvgIpc) is 3.23. The van der Waals surface area contributed by atoms with E-state index in [-0.39, 0.29) is 5.41 Å². The predicted molar refractivity (Wildman–Crippen MR) is 116 cm³/mol. The van der Waals surface area contributed by atoms with Crippen LogP contribution in [0, 0.1) is 0 Å². The van der Waals surface area contributed by atoms with Crippen molar-refractivity contribution in [1.82, 2.24) is 25.2 Å². The van der Waals surface area contributed by atoms with E-state index in [4.69, 9.17) is 9.47 Å². The first kappa shape index (κ1) is 20.2. The number of aromatic nitrogens is 3. The van der Waals surface area contributed by atoms with Gasteiger partial charge in [0.1, 0.15) is 5.75 Å². The largest absolute Gasteiger partial charge is 0.497 e. The van der Waals surface area contributed by atoms with E-state index >= 15 is 0 Å². The Morgan fingerprint density at radius 2 is 1.93 bits per heavy atom. The fraction of sp³-hybridized carbons (Fsp3) is 0.409. The lowest BCUT2D eigenvalue weighted by Crippen LogP contribution is -2.48. The summed E-state index contributed by atoms with van der Waals surface area (Å²) >= 11 is 0. The molecule has 8 nitrogen and oxygen atoms in total. The summed E-state index contributed by atoms with van der Waals surface area (Å²) in [6.07, 6.45) is 3.87. The lowest BCUT2D eigenvalue weighted by molar-refractivity contribution is 0.0513. The van der Waals surface area contributed by atoms with Crippen LogP contribution in [-0.2, 0) is 16.7 Å². The van der Waals surface area contributed by atoms with Gasteiger partial charge in [-0.1, -0.05) is 18.2 Å². The number of fused-ring (bicyclic) bond motifs is 1. The summed E-state index contributed by atoms with van der Waals surface area (Å²) in [6, 6.07) is 14.2. The van der Waals surface area contributed by atoms with Gasteiger partial charge in [0.15, 0.2) is 17.4 Å². The third-order valence-electron chi connectivity index (χ3n) is 5.77. The normalized spacial score (nSPS) is 16.4. The quantitative estimate of drug-likeness (QED) is 0.480. The standard InChI is InChI=1S/C22H28N6O2/c1-23-21(24-15-20-27-26-19-5-3-4-12-28(19)20)25-16-22(10-13-30-14-11-22)17-6-8-18(29-2)9-7-17/h3-9,12H,10-11,13-16H2,1-2H3,(H2,23,24,25). The Bertz CT molecular complexity index is 992. The average molecular weight is 409 g/mol. The Labute approximate surface area is 176 Å². The molecular formula is C22H28N6O2. The van der Waals surface area contributed by atoms with Crippen molar-refractivity contribution in [2.45, 2.75) is 24.8 Å². The van der Waals surface area contributed by atoms with E-state index in [1.54, 1.807) is 14.2 Å². The van der Waals surface area contributed by atoms with E-state index < -0.39 is 0 Å². The smallest absolute Gasteiger partial charge is 0.191 e. The zero-order chi connectivity index (χ0) is 20.8. The number of aliphatic imine (C=N–C) groups is 1. The first-order chi connectivity index (χ1) is 14.7. The summed E-state index contributed by atoms with van der Waals surface area (Å²) in [5, 5.41) is 15.3. The number of nitrogens with zero attached hydrogens (tertiary/aromatic N) is 4. The molecule has 3 aromatic rings. The summed E-state index contributed by atoms with van der Waals surface area (Å²) in [4.78, 5) is 4.39. The molecule has 3 heterocycles. The highest BCUT2D eigenvalue weighted by Crippen LogP contribution is 2.35. The first-order valence-electron chi connectivity index (χ1n) is 10.2. The molecule has 1 aromatic carbocycles. The van der Waals surface area contributed by atoms with Crippen molar-refractivity contribution in [3.63, 3.8) is 0 Å². The Kier molecular flexibility index (Phi) is 6.13. The second-order valence-corrected chi connectivity index (χ2v) is 7.45. The van der Waals surface area contributed by atoms with Crippen LogP contribution in [-0.4, -0.2) is 54.5 Å². The van der Waals surface area contributed by atoms with Crippen LogP contribution >= 0.6 is 0 Å². The molecule has 8 heteroatoms. The van der Waals surface area contributed by atoms with Gasteiger partial charge in [0, 0.05) is 38.4 Å². The fourth-order valence-corrected chi connectivity index (χ4v) is 3.92. The molecule has 2 N–H and O–H groups in total. The molecule has 158 valence electrons. The number of benzene rings is 1. The zero-order valence-corrected chi connectivity index (χ0v) is 17.5. The third kappa shape index (κ3) is 4.23. The third-order valence-corrected chi connectivity index (χ3v) is 5.77. The summed E-state index contributed by atoms with van der Waals surface area (Å²) in [5.74, 6) is 2.44. The van der Waals surface area contributed by atoms with E-state index in [2.05, 4.69) is 38.0 Å². The number of rotatable bonds is 6. The highest BCUT2D eigenvalue weighted by atomic mass is 16.5. The van der Waals surface area contributed by atoms with Crippen LogP contribution in [0.4, 0.5) is 0 Å². The predicted octanol–water partition coefficient (Wildman–Crippen LogP) is 2.15. The van der Waals surface area contributed by atoms with Crippen molar-refractivity contribution in [3.8, 4) is 5.75 Å². The molecule has 2 aromatic heterocycles. The maximum absolute atomic E-state index is 5.65. The number of pyridine rings is 1. The topological polar surface area (TPSA) is 85.1 Å². The summed E-state index contributed by atoms with van der Waals surface area (Å²) in [6.45, 7) is 2.81. The van der Waals surface area contributed by atoms with Crippen LogP contribution in [0.3, 0.4) is 0 Å². The van der Waals surface area contributed by atoms with Crippen LogP contribution < -0.4 is 15.4 Å². The van der Waals surface area contributed by atoms with Crippen molar-refractivity contribution < 1.29 is 9.47 Å². The maximum atomic E-state index is 5.65. The molecule has 0 unspecified atom stereocenters. The number of hydrogen-bond acceptors (Lipinski definition) is 5. The van der Waals surface area contributed by atoms with Crippen LogP contribution in [0.25, 0.3) is 5.65 Å². The summed E-state index contributed by atoms with van der Waals surface area (Å²) < 4.78 is 12.9. The fourth-order valence-electron chi connectivity index (χ4n) is 3.92. The van der Waals surface area contributed by atoms with Gasteiger partial charge in [-0.25, -0.2) is 0 Å². The minimum Gasteiger partial charge on any atom is -0.497 e. The van der Waals surface area contributed by atoms with E-state index in [0.717, 1.165) is 55.8 Å². The van der Waals surface area contributed by atoms with Crippen LogP contribution in [0.1, 0.15) is 24.2 Å². The van der Waals surface area contributed by atoms with Gasteiger partial charge in [0.25, 0.3) is 0 Å². The lowest BCUT2D eigenvalue weighted by Gasteiger charge is -2.38. The number of nitrogens with one attached hydrogen (secondary N) is 2. The van der Waals surface area contributed by atoms with Crippen molar-refractivity contribution in [3.05, 3.63) is 60.0 Å². The van der Waals surface area contributed by atoms with Gasteiger partial charge in [0.05, 0.1) is 13.7 Å². The molecule has 1 saturated heterocycles. The van der Waals surface area contributed by atoms with Crippen molar-refractivity contribution in [1.29, 1.82) is 0 Å². The molecule has 0 spiro atoms. The van der Waals surface area contributed by atoms with E-state index in [1.165, 1.54) is 5.56 Å². The SMILES string of the molecule is CN=C(NCc1nnc2ccccn12)NCC1(c2ccc(OC)cc2)CCOCC1. The van der Waals surface area contributed by atoms with E-state index in [1.807, 2.05) is 40.9 Å². The van der Waals surface area contributed by atoms with Crippen molar-refractivity contribution in [2.75, 3.05) is 33.9 Å². The van der Waals surface area contributed by atoms with Crippen molar-refractivity contribution >= 4 is 11.6 Å². The van der Waals surface area contributed by atoms with Gasteiger partial charge < -0.3 is 20.1 Å². The summed E-state index contributed by atoms with van der Waals surface area (Å²) in [5.41, 5.74) is 2.11. The van der Waals surface area contributed by atoms with Gasteiger partial charge in [-0.15, -0.1) is 10.2 Å². The maximum Gasteiger partial charge on any atom is 0.191 e. The highest BCUT2D eigenvalue weighted by molar-refractivity contribution is 5.79. The Balaban J connectivity index is 1.43. The number of methoxy groups -OCH3 is 1. The molecule has 0 bridgehead atoms. The molecule has 0 radical (unpaired) electrons. The van der Waals surface area contributed by atoms with Crippen LogP contribution in [0.15, 0.2) is 53.7 Å². The monoisotopic (exact) mass is 408 g/mol. The highest BCUT2D eigenvalue weighted by Gasteiger charge is 2.34. The summed E-state index contributed by atoms with van der Waals surface area (Å²) in [7, 11) is 3.47. The molecular weight excluding hydrogens is 380 g/mol. The van der Waals surface area contributed by atoms with Gasteiger partial charge in [-0.05, 0) is 42.7 Å². The molecule has 0 aliphatic carbocycles.